The van der Waals surface area contributed by atoms with Gasteiger partial charge in [-0.1, -0.05) is 262 Å². The van der Waals surface area contributed by atoms with Crippen LogP contribution in [0.15, 0.2) is 48.5 Å². The van der Waals surface area contributed by atoms with E-state index in [0.29, 0.717) is 65.9 Å². The fraction of sp³-hybridized carbons (Fsp3) is 0.649. The molecule has 4 aromatic rings. The van der Waals surface area contributed by atoms with E-state index in [0.717, 1.165) is 70.2 Å². The van der Waals surface area contributed by atoms with Gasteiger partial charge in [-0.25, -0.2) is 0 Å². The third-order valence-electron chi connectivity index (χ3n) is 16.9. The Labute approximate surface area is 578 Å². The molecule has 0 radical (unpaired) electrons. The summed E-state index contributed by atoms with van der Waals surface area (Å²) < 4.78 is 23.4. The fourth-order valence-electron chi connectivity index (χ4n) is 11.5. The summed E-state index contributed by atoms with van der Waals surface area (Å²) in [5.74, 6) is -1.68. The van der Waals surface area contributed by atoms with Gasteiger partial charge in [0.05, 0.1) is 17.5 Å². The molecule has 0 bridgehead atoms. The van der Waals surface area contributed by atoms with Crippen LogP contribution in [0.1, 0.15) is 309 Å². The maximum absolute atomic E-state index is 12.3. The van der Waals surface area contributed by atoms with E-state index < -0.39 is 50.3 Å². The minimum atomic E-state index is -4.74. The fourth-order valence-corrected chi connectivity index (χ4v) is 13.5. The Bertz CT molecular complexity index is 2830. The number of aliphatic carboxylic acids is 2. The van der Waals surface area contributed by atoms with Crippen LogP contribution in [0.4, 0.5) is 0 Å². The van der Waals surface area contributed by atoms with Crippen LogP contribution in [0.2, 0.25) is 0 Å². The molecule has 0 fully saturated rings. The number of carboxylic acid groups (broad SMARTS) is 2. The molecule has 17 heteroatoms. The van der Waals surface area contributed by atoms with Gasteiger partial charge >= 0.3 is 57.3 Å². The normalized spacial score (nSPS) is 14.4. The number of hydrogen-bond donors (Lipinski definition) is 8. The molecule has 0 saturated carbocycles. The number of hydrogen-bond acceptors (Lipinski definition) is 10. The Morgan fingerprint density at radius 2 is 0.582 bits per heavy atom. The molecule has 4 atom stereocenters. The molecule has 0 heterocycles. The van der Waals surface area contributed by atoms with E-state index in [1.807, 2.05) is 107 Å². The van der Waals surface area contributed by atoms with Gasteiger partial charge in [0, 0.05) is 5.66 Å². The minimum Gasteiger partial charge on any atom is -0.810 e. The SMILES string of the molecule is CC(C)(C)c1cc(CC(CCCCCCC(Cc2cc(C(C)(C)C)c(O)c(C(C)(C)C)c2)C(=O)O)C(=O)O)cc(C(C)(C)C)c1O.CCC(c1cc(C(C)(C)C)c(O)c(C(C)(C)C)c1)P(=O)(O)O.CCC(c1cc(C(C)(C)C)c(O)c(C(C)(C)C)c1)P(=O)([O-])[O-].[Ca+2]. The van der Waals surface area contributed by atoms with E-state index in [-0.39, 0.29) is 99.0 Å². The zero-order valence-electron chi connectivity index (χ0n) is 60.6. The predicted molar refractivity (Wildman–Crippen MR) is 371 cm³/mol. The van der Waals surface area contributed by atoms with Crippen molar-refractivity contribution < 1.29 is 68.9 Å². The van der Waals surface area contributed by atoms with Crippen molar-refractivity contribution in [3.05, 3.63) is 115 Å². The first kappa shape index (κ1) is 85.6. The van der Waals surface area contributed by atoms with Crippen LogP contribution in [0.5, 0.6) is 23.0 Å². The van der Waals surface area contributed by atoms with Gasteiger partial charge in [0.25, 0.3) is 0 Å². The van der Waals surface area contributed by atoms with Gasteiger partial charge in [0.15, 0.2) is 0 Å². The molecule has 8 N–H and O–H groups in total. The molecule has 0 aliphatic carbocycles. The van der Waals surface area contributed by atoms with Gasteiger partial charge in [-0.3, -0.25) is 14.2 Å². The standard InChI is InChI=1S/C40H62O6.2C17H29O4P.Ca/c1-37(2,3)29-21-25(22-30(33(29)41)38(4,5)6)19-27(35(43)44)17-15-13-14-16-18-28(36(45)46)20-26-23-31(39(7,8)9)34(42)32(24-26)40(10,11)12;2*1-8-14(22(19,20)21)11-9-12(16(2,3)4)15(18)13(10-11)17(5,6)7;/h21-24,27-28,41-42H,13-20H2,1-12H3,(H,43,44)(H,45,46);2*9-10,14,18H,8H2,1-7H3,(H2,19,20,21);/q;;;+2/p-2. The summed E-state index contributed by atoms with van der Waals surface area (Å²) >= 11 is 0. The van der Waals surface area contributed by atoms with Gasteiger partial charge in [-0.05, 0) is 149 Å². The topological polar surface area (TPSA) is 276 Å². The maximum Gasteiger partial charge on any atom is 2.00 e. The van der Waals surface area contributed by atoms with Crippen molar-refractivity contribution in [2.24, 2.45) is 11.8 Å². The van der Waals surface area contributed by atoms with Crippen molar-refractivity contribution in [2.75, 3.05) is 0 Å². The van der Waals surface area contributed by atoms with Crippen LogP contribution in [0, 0.1) is 11.8 Å². The molecule has 91 heavy (non-hydrogen) atoms. The van der Waals surface area contributed by atoms with Gasteiger partial charge in [-0.2, -0.15) is 0 Å². The Kier molecular flexibility index (Phi) is 30.2. The van der Waals surface area contributed by atoms with Gasteiger partial charge in [0.2, 0.25) is 0 Å². The molecule has 0 amide bonds. The van der Waals surface area contributed by atoms with Crippen molar-refractivity contribution in [3.63, 3.8) is 0 Å². The number of carboxylic acids is 2. The predicted octanol–water partition coefficient (Wildman–Crippen LogP) is 17.4. The second-order valence-corrected chi connectivity index (χ2v) is 37.0. The van der Waals surface area contributed by atoms with Crippen molar-refractivity contribution in [2.45, 2.75) is 299 Å². The summed E-state index contributed by atoms with van der Waals surface area (Å²) in [4.78, 5) is 66.9. The van der Waals surface area contributed by atoms with Gasteiger partial charge in [-0.15, -0.1) is 0 Å². The number of carbonyl (C=O) groups is 2. The van der Waals surface area contributed by atoms with Crippen molar-refractivity contribution in [1.82, 2.24) is 0 Å². The van der Waals surface area contributed by atoms with Crippen LogP contribution in [0.3, 0.4) is 0 Å². The molecule has 0 aliphatic heterocycles. The third kappa shape index (κ3) is 24.9. The molecule has 0 saturated heterocycles. The molecule has 0 aliphatic rings. The second kappa shape index (κ2) is 32.1. The molecule has 0 spiro atoms. The zero-order valence-corrected chi connectivity index (χ0v) is 64.6. The number of rotatable bonds is 19. The Hall–Kier alpha value is -3.42. The smallest absolute Gasteiger partial charge is 0.810 e. The Balaban J connectivity index is 0.000000765. The van der Waals surface area contributed by atoms with E-state index in [1.165, 1.54) is 0 Å². The maximum atomic E-state index is 12.3. The quantitative estimate of drug-likeness (QED) is 0.0246. The molecule has 4 rings (SSSR count). The van der Waals surface area contributed by atoms with Crippen LogP contribution in [-0.4, -0.2) is 90.1 Å². The number of phenols is 4. The average Bonchev–Trinajstić information content (AvgIpc) is 0.916. The minimum absolute atomic E-state index is 0. The van der Waals surface area contributed by atoms with E-state index >= 15 is 0 Å². The molecule has 510 valence electrons. The number of unbranched alkanes of at least 4 members (excludes halogenated alkanes) is 3. The first-order valence-electron chi connectivity index (χ1n) is 32.2. The van der Waals surface area contributed by atoms with E-state index in [2.05, 4.69) is 83.1 Å². The van der Waals surface area contributed by atoms with E-state index in [9.17, 15) is 68.9 Å². The van der Waals surface area contributed by atoms with Crippen LogP contribution >= 0.6 is 15.2 Å². The molecular formula is C74H118CaO14P2. The summed E-state index contributed by atoms with van der Waals surface area (Å²) in [6.45, 7) is 51.7. The third-order valence-corrected chi connectivity index (χ3v) is 19.8. The molecular weight excluding hydrogens is 1210 g/mol. The van der Waals surface area contributed by atoms with Crippen molar-refractivity contribution in [3.8, 4) is 23.0 Å². The number of phenolic OH excluding ortho intramolecular Hbond substituents is 4. The summed E-state index contributed by atoms with van der Waals surface area (Å²) in [5, 5.41) is 63.5. The van der Waals surface area contributed by atoms with Crippen LogP contribution < -0.4 is 9.79 Å². The van der Waals surface area contributed by atoms with E-state index in [4.69, 9.17) is 0 Å². The summed E-state index contributed by atoms with van der Waals surface area (Å²) in [6, 6.07) is 14.7. The average molecular weight is 1330 g/mol. The van der Waals surface area contributed by atoms with Crippen LogP contribution in [0.25, 0.3) is 0 Å². The molecule has 14 nitrogen and oxygen atoms in total. The van der Waals surface area contributed by atoms with Gasteiger partial charge < -0.3 is 54.8 Å². The molecule has 4 unspecified atom stereocenters. The molecule has 4 aromatic carbocycles. The first-order valence-corrected chi connectivity index (χ1v) is 35.5. The van der Waals surface area contributed by atoms with Crippen molar-refractivity contribution in [1.29, 1.82) is 0 Å². The summed E-state index contributed by atoms with van der Waals surface area (Å²) in [7, 11) is -8.98. The zero-order chi connectivity index (χ0) is 70.4. The Morgan fingerprint density at radius 3 is 0.747 bits per heavy atom. The second-order valence-electron chi connectivity index (χ2n) is 33.5. The Morgan fingerprint density at radius 1 is 0.385 bits per heavy atom. The number of aromatic hydroxyl groups is 4. The van der Waals surface area contributed by atoms with Crippen molar-refractivity contribution >= 4 is 64.9 Å². The number of benzene rings is 4. The summed E-state index contributed by atoms with van der Waals surface area (Å²) in [5.41, 5.74) is 4.73. The van der Waals surface area contributed by atoms with Gasteiger partial charge in [0.1, 0.15) is 23.0 Å². The van der Waals surface area contributed by atoms with E-state index in [1.54, 1.807) is 38.1 Å². The largest absolute Gasteiger partial charge is 2.00 e. The summed E-state index contributed by atoms with van der Waals surface area (Å²) in [6.07, 6.45) is 5.68. The monoisotopic (exact) mass is 1330 g/mol. The first-order chi connectivity index (χ1) is 40.2. The van der Waals surface area contributed by atoms with Crippen LogP contribution in [-0.2, 0) is 74.9 Å². The molecule has 0 aromatic heterocycles.